The van der Waals surface area contributed by atoms with Gasteiger partial charge < -0.3 is 25.4 Å². The molecular formula is C18H17Cl4N3O3S. The lowest BCUT2D eigenvalue weighted by Gasteiger charge is -2.28. The Balaban J connectivity index is 2.16. The average molecular weight is 497 g/mol. The van der Waals surface area contributed by atoms with Gasteiger partial charge >= 0.3 is 0 Å². The van der Waals surface area contributed by atoms with E-state index < -0.39 is 15.9 Å². The zero-order chi connectivity index (χ0) is 21.6. The monoisotopic (exact) mass is 495 g/mol. The highest BCUT2D eigenvalue weighted by molar-refractivity contribution is 7.80. The summed E-state index contributed by atoms with van der Waals surface area (Å²) in [6, 6.07) is 11.6. The first-order valence-electron chi connectivity index (χ1n) is 8.07. The quantitative estimate of drug-likeness (QED) is 0.304. The predicted octanol–water partition coefficient (Wildman–Crippen LogP) is 4.77. The van der Waals surface area contributed by atoms with Crippen molar-refractivity contribution in [2.45, 2.75) is 9.96 Å². The molecule has 1 amide bonds. The zero-order valence-corrected chi connectivity index (χ0v) is 19.1. The number of hydrogen-bond donors (Lipinski definition) is 3. The van der Waals surface area contributed by atoms with Gasteiger partial charge in [0.1, 0.15) is 17.7 Å². The van der Waals surface area contributed by atoms with Gasteiger partial charge in [0.05, 0.1) is 30.5 Å². The summed E-state index contributed by atoms with van der Waals surface area (Å²) < 4.78 is 8.56. The second kappa shape index (κ2) is 10.4. The standard InChI is InChI=1S/C18H17Cl4N3O3S/c1-27-10-7-8-14(28-2)13(9-10)23-17(29)25-16(18(20,21)22)24-15(26)11-5-3-4-6-12(11)19/h3-9,16H,1-2H3,(H,24,26)(H2,23,25,29)/t16-/m1/s1. The van der Waals surface area contributed by atoms with Crippen molar-refractivity contribution in [3.05, 3.63) is 53.1 Å². The van der Waals surface area contributed by atoms with E-state index in [9.17, 15) is 4.79 Å². The van der Waals surface area contributed by atoms with Gasteiger partial charge in [-0.1, -0.05) is 58.5 Å². The number of benzene rings is 2. The highest BCUT2D eigenvalue weighted by atomic mass is 35.6. The Kier molecular flexibility index (Phi) is 8.48. The number of carbonyl (C=O) groups excluding carboxylic acids is 1. The topological polar surface area (TPSA) is 71.6 Å². The lowest BCUT2D eigenvalue weighted by molar-refractivity contribution is 0.0934. The summed E-state index contributed by atoms with van der Waals surface area (Å²) in [4.78, 5) is 12.5. The number of thiocarbonyl (C=S) groups is 1. The van der Waals surface area contributed by atoms with Crippen molar-refractivity contribution in [1.82, 2.24) is 10.6 Å². The van der Waals surface area contributed by atoms with Crippen LogP contribution >= 0.6 is 58.6 Å². The minimum atomic E-state index is -1.92. The fourth-order valence-corrected chi connectivity index (χ4v) is 3.03. The Hall–Kier alpha value is -1.64. The number of ether oxygens (including phenoxy) is 2. The molecule has 0 saturated heterocycles. The van der Waals surface area contributed by atoms with Gasteiger partial charge in [0, 0.05) is 6.07 Å². The highest BCUT2D eigenvalue weighted by Gasteiger charge is 2.35. The van der Waals surface area contributed by atoms with E-state index in [-0.39, 0.29) is 15.7 Å². The molecular weight excluding hydrogens is 480 g/mol. The molecule has 0 fully saturated rings. The van der Waals surface area contributed by atoms with Crippen molar-refractivity contribution in [2.24, 2.45) is 0 Å². The van der Waals surface area contributed by atoms with Crippen molar-refractivity contribution in [3.63, 3.8) is 0 Å². The van der Waals surface area contributed by atoms with Gasteiger partial charge in [0.2, 0.25) is 3.79 Å². The smallest absolute Gasteiger partial charge is 0.254 e. The second-order valence-electron chi connectivity index (χ2n) is 5.59. The molecule has 1 atom stereocenters. The third kappa shape index (κ3) is 6.69. The van der Waals surface area contributed by atoms with Crippen LogP contribution in [0.2, 0.25) is 5.02 Å². The summed E-state index contributed by atoms with van der Waals surface area (Å²) in [5.41, 5.74) is 0.744. The molecule has 0 bridgehead atoms. The number of alkyl halides is 3. The van der Waals surface area contributed by atoms with Gasteiger partial charge in [-0.25, -0.2) is 0 Å². The maximum atomic E-state index is 12.5. The first-order chi connectivity index (χ1) is 13.7. The van der Waals surface area contributed by atoms with Gasteiger partial charge in [-0.2, -0.15) is 0 Å². The van der Waals surface area contributed by atoms with Crippen LogP contribution in [-0.4, -0.2) is 35.2 Å². The van der Waals surface area contributed by atoms with E-state index in [4.69, 9.17) is 68.1 Å². The Morgan fingerprint density at radius 1 is 1.07 bits per heavy atom. The molecule has 0 aromatic heterocycles. The van der Waals surface area contributed by atoms with Crippen LogP contribution in [0.1, 0.15) is 10.4 Å². The summed E-state index contributed by atoms with van der Waals surface area (Å²) in [6.07, 6.45) is -1.16. The first-order valence-corrected chi connectivity index (χ1v) is 9.99. The molecule has 29 heavy (non-hydrogen) atoms. The lowest BCUT2D eigenvalue weighted by Crippen LogP contribution is -2.56. The van der Waals surface area contributed by atoms with E-state index in [1.807, 2.05) is 0 Å². The SMILES string of the molecule is COc1ccc(OC)c(NC(=S)N[C@@H](NC(=O)c2ccccc2Cl)C(Cl)(Cl)Cl)c1. The van der Waals surface area contributed by atoms with Gasteiger partial charge in [-0.3, -0.25) is 4.79 Å². The number of rotatable bonds is 6. The summed E-state index contributed by atoms with van der Waals surface area (Å²) in [6.45, 7) is 0. The van der Waals surface area contributed by atoms with Gasteiger partial charge in [-0.05, 0) is 36.5 Å². The number of nitrogens with one attached hydrogen (secondary N) is 3. The highest BCUT2D eigenvalue weighted by Crippen LogP contribution is 2.31. The molecule has 0 spiro atoms. The Labute approximate surface area is 193 Å². The van der Waals surface area contributed by atoms with Crippen LogP contribution in [0.3, 0.4) is 0 Å². The van der Waals surface area contributed by atoms with E-state index in [1.165, 1.54) is 14.2 Å². The molecule has 0 aliphatic carbocycles. The number of hydrogen-bond acceptors (Lipinski definition) is 4. The fraction of sp³-hybridized carbons (Fsp3) is 0.222. The third-order valence-corrected chi connectivity index (χ3v) is 4.86. The van der Waals surface area contributed by atoms with Crippen LogP contribution in [-0.2, 0) is 0 Å². The van der Waals surface area contributed by atoms with Gasteiger partial charge in [-0.15, -0.1) is 0 Å². The van der Waals surface area contributed by atoms with Crippen LogP contribution in [0, 0.1) is 0 Å². The van der Waals surface area contributed by atoms with E-state index in [2.05, 4.69) is 16.0 Å². The largest absolute Gasteiger partial charge is 0.497 e. The van der Waals surface area contributed by atoms with Crippen LogP contribution in [0.4, 0.5) is 5.69 Å². The molecule has 3 N–H and O–H groups in total. The Morgan fingerprint density at radius 2 is 1.76 bits per heavy atom. The molecule has 0 radical (unpaired) electrons. The lowest BCUT2D eigenvalue weighted by atomic mass is 10.2. The van der Waals surface area contributed by atoms with Gasteiger partial charge in [0.25, 0.3) is 5.91 Å². The summed E-state index contributed by atoms with van der Waals surface area (Å²) >= 11 is 29.4. The van der Waals surface area contributed by atoms with Crippen molar-refractivity contribution in [3.8, 4) is 11.5 Å². The van der Waals surface area contributed by atoms with Crippen LogP contribution in [0.5, 0.6) is 11.5 Å². The van der Waals surface area contributed by atoms with Crippen LogP contribution in [0.15, 0.2) is 42.5 Å². The van der Waals surface area contributed by atoms with Crippen molar-refractivity contribution in [2.75, 3.05) is 19.5 Å². The molecule has 0 unspecified atom stereocenters. The van der Waals surface area contributed by atoms with E-state index in [0.717, 1.165) is 0 Å². The second-order valence-corrected chi connectivity index (χ2v) is 8.78. The van der Waals surface area contributed by atoms with E-state index in [1.54, 1.807) is 42.5 Å². The minimum Gasteiger partial charge on any atom is -0.497 e. The molecule has 0 aliphatic heterocycles. The van der Waals surface area contributed by atoms with E-state index >= 15 is 0 Å². The average Bonchev–Trinajstić information content (AvgIpc) is 2.66. The summed E-state index contributed by atoms with van der Waals surface area (Å²) in [5.74, 6) is 0.558. The van der Waals surface area contributed by atoms with Gasteiger partial charge in [0.15, 0.2) is 5.11 Å². The summed E-state index contributed by atoms with van der Waals surface area (Å²) in [7, 11) is 3.04. The zero-order valence-electron chi connectivity index (χ0n) is 15.3. The Morgan fingerprint density at radius 3 is 2.34 bits per heavy atom. The molecule has 0 heterocycles. The van der Waals surface area contributed by atoms with E-state index in [0.29, 0.717) is 17.2 Å². The molecule has 0 aliphatic rings. The number of amides is 1. The minimum absolute atomic E-state index is 0.0762. The normalized spacial score (nSPS) is 11.9. The maximum absolute atomic E-state index is 12.5. The molecule has 2 aromatic carbocycles. The number of halogens is 4. The number of methoxy groups -OCH3 is 2. The number of anilines is 1. The van der Waals surface area contributed by atoms with Crippen LogP contribution < -0.4 is 25.4 Å². The van der Waals surface area contributed by atoms with Crippen molar-refractivity contribution < 1.29 is 14.3 Å². The summed E-state index contributed by atoms with van der Waals surface area (Å²) in [5, 5.41) is 8.60. The molecule has 156 valence electrons. The number of carbonyl (C=O) groups is 1. The van der Waals surface area contributed by atoms with Crippen LogP contribution in [0.25, 0.3) is 0 Å². The molecule has 2 aromatic rings. The molecule has 11 heteroatoms. The fourth-order valence-electron chi connectivity index (χ4n) is 2.26. The molecule has 0 saturated carbocycles. The Bertz CT molecular complexity index is 893. The van der Waals surface area contributed by atoms with Crippen molar-refractivity contribution in [1.29, 1.82) is 0 Å². The predicted molar refractivity (Wildman–Crippen MR) is 122 cm³/mol. The maximum Gasteiger partial charge on any atom is 0.254 e. The van der Waals surface area contributed by atoms with Crippen molar-refractivity contribution >= 4 is 75.3 Å². The first kappa shape index (κ1) is 23.6. The molecule has 6 nitrogen and oxygen atoms in total. The third-order valence-electron chi connectivity index (χ3n) is 3.65. The molecule has 2 rings (SSSR count).